The number of aromatic nitrogens is 4. The van der Waals surface area contributed by atoms with Crippen molar-refractivity contribution in [3.05, 3.63) is 36.2 Å². The first kappa shape index (κ1) is 18.4. The Morgan fingerprint density at radius 1 is 1.29 bits per heavy atom. The molecule has 4 rings (SSSR count). The summed E-state index contributed by atoms with van der Waals surface area (Å²) >= 11 is 0. The maximum Gasteiger partial charge on any atom is 0.417 e. The molecule has 0 aromatic carbocycles. The van der Waals surface area contributed by atoms with Crippen LogP contribution in [0.15, 0.2) is 29.3 Å². The van der Waals surface area contributed by atoms with Gasteiger partial charge in [-0.15, -0.1) is 10.2 Å². The maximum absolute atomic E-state index is 13.4. The Kier molecular flexibility index (Phi) is 4.53. The number of amides is 1. The average molecular weight is 395 g/mol. The van der Waals surface area contributed by atoms with Crippen LogP contribution >= 0.6 is 0 Å². The number of hydrogen-bond acceptors (Lipinski definition) is 6. The van der Waals surface area contributed by atoms with Crippen molar-refractivity contribution in [3.63, 3.8) is 0 Å². The summed E-state index contributed by atoms with van der Waals surface area (Å²) in [4.78, 5) is 18.1. The zero-order valence-corrected chi connectivity index (χ0v) is 14.8. The average Bonchev–Trinajstić information content (AvgIpc) is 3.36. The molecule has 148 valence electrons. The fraction of sp³-hybridized carbons (Fsp3) is 0.412. The zero-order valence-electron chi connectivity index (χ0n) is 14.8. The van der Waals surface area contributed by atoms with Crippen molar-refractivity contribution in [1.82, 2.24) is 24.5 Å². The second-order valence-corrected chi connectivity index (χ2v) is 6.48. The van der Waals surface area contributed by atoms with Crippen LogP contribution in [0.2, 0.25) is 0 Å². The first-order valence-corrected chi connectivity index (χ1v) is 8.56. The predicted molar refractivity (Wildman–Crippen MR) is 89.4 cm³/mol. The van der Waals surface area contributed by atoms with Gasteiger partial charge in [0.15, 0.2) is 17.8 Å². The Hall–Kier alpha value is -2.95. The van der Waals surface area contributed by atoms with Gasteiger partial charge in [-0.3, -0.25) is 9.20 Å². The quantitative estimate of drug-likeness (QED) is 0.678. The van der Waals surface area contributed by atoms with Gasteiger partial charge in [-0.2, -0.15) is 13.2 Å². The van der Waals surface area contributed by atoms with Crippen LogP contribution in [0.1, 0.15) is 29.0 Å². The third kappa shape index (κ3) is 3.21. The Morgan fingerprint density at radius 3 is 2.68 bits per heavy atom. The Morgan fingerprint density at radius 2 is 2.04 bits per heavy atom. The molecule has 11 heteroatoms. The van der Waals surface area contributed by atoms with E-state index < -0.39 is 17.6 Å². The molecule has 3 aromatic heterocycles. The summed E-state index contributed by atoms with van der Waals surface area (Å²) in [6.07, 6.45) is -0.125. The molecule has 28 heavy (non-hydrogen) atoms. The van der Waals surface area contributed by atoms with Gasteiger partial charge in [0.05, 0.1) is 17.3 Å². The number of halogens is 3. The van der Waals surface area contributed by atoms with E-state index in [9.17, 15) is 18.0 Å². The Labute approximate surface area is 156 Å². The van der Waals surface area contributed by atoms with E-state index in [2.05, 4.69) is 15.2 Å². The Balaban J connectivity index is 1.82. The smallest absolute Gasteiger partial charge is 0.417 e. The number of rotatable bonds is 3. The summed E-state index contributed by atoms with van der Waals surface area (Å²) in [5, 5.41) is 7.80. The molecule has 1 aliphatic heterocycles. The molecule has 1 fully saturated rings. The highest BCUT2D eigenvalue weighted by Crippen LogP contribution is 2.34. The number of oxazole rings is 1. The molecule has 0 spiro atoms. The van der Waals surface area contributed by atoms with Gasteiger partial charge < -0.3 is 14.1 Å². The van der Waals surface area contributed by atoms with Crippen LogP contribution < -0.4 is 0 Å². The van der Waals surface area contributed by atoms with Crippen molar-refractivity contribution in [1.29, 1.82) is 0 Å². The second-order valence-electron chi connectivity index (χ2n) is 6.48. The van der Waals surface area contributed by atoms with Crippen LogP contribution in [-0.4, -0.2) is 56.7 Å². The van der Waals surface area contributed by atoms with Gasteiger partial charge in [0.2, 0.25) is 5.82 Å². The summed E-state index contributed by atoms with van der Waals surface area (Å²) in [7, 11) is 1.60. The van der Waals surface area contributed by atoms with Gasteiger partial charge in [0.25, 0.3) is 5.91 Å². The summed E-state index contributed by atoms with van der Waals surface area (Å²) in [6, 6.07) is 0.828. The highest BCUT2D eigenvalue weighted by molar-refractivity contribution is 5.92. The molecule has 0 radical (unpaired) electrons. The Bertz CT molecular complexity index is 994. The molecular weight excluding hydrogens is 379 g/mol. The van der Waals surface area contributed by atoms with Crippen molar-refractivity contribution in [2.45, 2.75) is 25.1 Å². The number of ether oxygens (including phenoxy) is 1. The normalized spacial score (nSPS) is 15.9. The lowest BCUT2D eigenvalue weighted by molar-refractivity contribution is -0.137. The highest BCUT2D eigenvalue weighted by Gasteiger charge is 2.34. The molecular formula is C17H16F3N5O3. The fourth-order valence-corrected chi connectivity index (χ4v) is 3.22. The lowest BCUT2D eigenvalue weighted by Crippen LogP contribution is -2.41. The molecule has 8 nitrogen and oxygen atoms in total. The predicted octanol–water partition coefficient (Wildman–Crippen LogP) is 2.65. The molecule has 1 aliphatic rings. The number of nitrogens with zero attached hydrogens (tertiary/aromatic N) is 5. The van der Waals surface area contributed by atoms with E-state index >= 15 is 0 Å². The van der Waals surface area contributed by atoms with Crippen LogP contribution in [0.4, 0.5) is 13.2 Å². The van der Waals surface area contributed by atoms with Gasteiger partial charge in [-0.05, 0) is 18.9 Å². The van der Waals surface area contributed by atoms with Crippen molar-refractivity contribution >= 4 is 11.6 Å². The minimum absolute atomic E-state index is 0.0487. The highest BCUT2D eigenvalue weighted by atomic mass is 19.4. The van der Waals surface area contributed by atoms with Gasteiger partial charge in [-0.25, -0.2) is 4.98 Å². The molecule has 0 N–H and O–H groups in total. The van der Waals surface area contributed by atoms with Crippen LogP contribution in [-0.2, 0) is 10.9 Å². The van der Waals surface area contributed by atoms with Gasteiger partial charge in [0.1, 0.15) is 0 Å². The zero-order chi connectivity index (χ0) is 19.9. The van der Waals surface area contributed by atoms with E-state index in [1.54, 1.807) is 7.05 Å². The second kappa shape index (κ2) is 6.89. The van der Waals surface area contributed by atoms with Crippen molar-refractivity contribution < 1.29 is 27.1 Å². The van der Waals surface area contributed by atoms with E-state index in [4.69, 9.17) is 9.15 Å². The van der Waals surface area contributed by atoms with Crippen LogP contribution in [0.5, 0.6) is 0 Å². The van der Waals surface area contributed by atoms with Crippen molar-refractivity contribution in [3.8, 4) is 11.3 Å². The summed E-state index contributed by atoms with van der Waals surface area (Å²) in [5.74, 6) is -0.613. The van der Waals surface area contributed by atoms with E-state index in [1.165, 1.54) is 11.1 Å². The molecule has 1 amide bonds. The fourth-order valence-electron chi connectivity index (χ4n) is 3.22. The first-order valence-electron chi connectivity index (χ1n) is 8.56. The number of fused-ring (bicyclic) bond motifs is 1. The third-order valence-corrected chi connectivity index (χ3v) is 4.78. The summed E-state index contributed by atoms with van der Waals surface area (Å²) in [6.45, 7) is 1.05. The van der Waals surface area contributed by atoms with Crippen molar-refractivity contribution in [2.75, 3.05) is 20.3 Å². The number of carbonyl (C=O) groups excluding carboxylic acids is 1. The van der Waals surface area contributed by atoms with Crippen LogP contribution in [0, 0.1) is 0 Å². The number of hydrogen-bond donors (Lipinski definition) is 0. The van der Waals surface area contributed by atoms with E-state index in [0.717, 1.165) is 23.1 Å². The third-order valence-electron chi connectivity index (χ3n) is 4.78. The summed E-state index contributed by atoms with van der Waals surface area (Å²) < 4.78 is 51.7. The SMILES string of the molecule is CN(C(=O)c1nnc2c(-c3cnco3)cc(C(F)(F)F)cn12)C1CCOCC1. The molecule has 0 atom stereocenters. The standard InChI is InChI=1S/C17H16F3N5O3/c1-24(11-2-4-27-5-3-11)16(26)15-23-22-14-12(13-7-21-9-28-13)6-10(8-25(14)15)17(18,19)20/h6-9,11H,2-5H2,1H3. The lowest BCUT2D eigenvalue weighted by atomic mass is 10.1. The molecule has 0 bridgehead atoms. The molecule has 0 aliphatic carbocycles. The largest absolute Gasteiger partial charge is 0.443 e. The minimum Gasteiger partial charge on any atom is -0.443 e. The maximum atomic E-state index is 13.4. The van der Waals surface area contributed by atoms with Crippen LogP contribution in [0.3, 0.4) is 0 Å². The van der Waals surface area contributed by atoms with E-state index in [1.807, 2.05) is 0 Å². The van der Waals surface area contributed by atoms with Crippen molar-refractivity contribution in [2.24, 2.45) is 0 Å². The molecule has 1 saturated heterocycles. The minimum atomic E-state index is -4.62. The van der Waals surface area contributed by atoms with Gasteiger partial charge in [-0.1, -0.05) is 0 Å². The first-order chi connectivity index (χ1) is 13.4. The van der Waals surface area contributed by atoms with Crippen LogP contribution in [0.25, 0.3) is 17.0 Å². The lowest BCUT2D eigenvalue weighted by Gasteiger charge is -2.30. The molecule has 4 heterocycles. The van der Waals surface area contributed by atoms with E-state index in [-0.39, 0.29) is 28.8 Å². The summed E-state index contributed by atoms with van der Waals surface area (Å²) in [5.41, 5.74) is -0.824. The van der Waals surface area contributed by atoms with E-state index in [0.29, 0.717) is 26.1 Å². The molecule has 0 saturated carbocycles. The number of alkyl halides is 3. The van der Waals surface area contributed by atoms with Gasteiger partial charge >= 0.3 is 6.18 Å². The molecule has 3 aromatic rings. The number of pyridine rings is 1. The topological polar surface area (TPSA) is 85.8 Å². The van der Waals surface area contributed by atoms with Gasteiger partial charge in [0, 0.05) is 32.5 Å². The number of carbonyl (C=O) groups is 1. The monoisotopic (exact) mass is 395 g/mol. The molecule has 0 unspecified atom stereocenters.